The number of nitrogens with one attached hydrogen (secondary N) is 1. The number of amides is 2. The minimum atomic E-state index is -0.399. The molecule has 120 valence electrons. The number of halogens is 1. The summed E-state index contributed by atoms with van der Waals surface area (Å²) in [6.45, 7) is 1.96. The highest BCUT2D eigenvalue weighted by atomic mass is 19.1. The van der Waals surface area contributed by atoms with E-state index in [9.17, 15) is 14.0 Å². The van der Waals surface area contributed by atoms with Crippen molar-refractivity contribution in [3.05, 3.63) is 70.5 Å². The standard InChI is InChI=1S/C18H19FN2O2/c1-12-4-7-15(10-16(12)19)17(22)20-11-13-5-8-14(9-6-13)18(23)21(2)3/h4-10H,11H2,1-3H3,(H,20,22). The zero-order chi connectivity index (χ0) is 17.0. The second-order valence-corrected chi connectivity index (χ2v) is 5.54. The molecule has 0 aliphatic carbocycles. The van der Waals surface area contributed by atoms with Crippen molar-refractivity contribution in [1.29, 1.82) is 0 Å². The van der Waals surface area contributed by atoms with Gasteiger partial charge in [-0.1, -0.05) is 18.2 Å². The summed E-state index contributed by atoms with van der Waals surface area (Å²) < 4.78 is 13.5. The Hall–Kier alpha value is -2.69. The molecule has 0 spiro atoms. The average molecular weight is 314 g/mol. The summed E-state index contributed by atoms with van der Waals surface area (Å²) in [7, 11) is 3.38. The highest BCUT2D eigenvalue weighted by Crippen LogP contribution is 2.10. The summed E-state index contributed by atoms with van der Waals surface area (Å²) in [4.78, 5) is 25.3. The molecule has 2 aromatic carbocycles. The van der Waals surface area contributed by atoms with Crippen LogP contribution in [0.5, 0.6) is 0 Å². The third-order valence-corrected chi connectivity index (χ3v) is 3.49. The Morgan fingerprint density at radius 1 is 1.04 bits per heavy atom. The van der Waals surface area contributed by atoms with Crippen molar-refractivity contribution < 1.29 is 14.0 Å². The molecule has 0 heterocycles. The van der Waals surface area contributed by atoms with Crippen LogP contribution in [0, 0.1) is 12.7 Å². The van der Waals surface area contributed by atoms with Crippen LogP contribution in [0.1, 0.15) is 31.8 Å². The molecular weight excluding hydrogens is 295 g/mol. The van der Waals surface area contributed by atoms with E-state index in [4.69, 9.17) is 0 Å². The van der Waals surface area contributed by atoms with Crippen LogP contribution < -0.4 is 5.32 Å². The molecule has 0 aliphatic heterocycles. The van der Waals surface area contributed by atoms with Crippen molar-refractivity contribution in [1.82, 2.24) is 10.2 Å². The minimum Gasteiger partial charge on any atom is -0.348 e. The maximum absolute atomic E-state index is 13.5. The number of aryl methyl sites for hydroxylation is 1. The van der Waals surface area contributed by atoms with Gasteiger partial charge in [-0.2, -0.15) is 0 Å². The number of carbonyl (C=O) groups is 2. The van der Waals surface area contributed by atoms with E-state index in [1.165, 1.54) is 11.0 Å². The Labute approximate surface area is 134 Å². The third-order valence-electron chi connectivity index (χ3n) is 3.49. The Balaban J connectivity index is 1.99. The fourth-order valence-corrected chi connectivity index (χ4v) is 2.04. The van der Waals surface area contributed by atoms with Crippen LogP contribution in [-0.2, 0) is 6.54 Å². The minimum absolute atomic E-state index is 0.0734. The molecule has 0 aliphatic rings. The number of hydrogen-bond donors (Lipinski definition) is 1. The molecule has 2 rings (SSSR count). The predicted molar refractivity (Wildman–Crippen MR) is 86.8 cm³/mol. The lowest BCUT2D eigenvalue weighted by Crippen LogP contribution is -2.23. The molecule has 1 N–H and O–H groups in total. The first-order chi connectivity index (χ1) is 10.9. The van der Waals surface area contributed by atoms with Crippen molar-refractivity contribution in [2.24, 2.45) is 0 Å². The number of nitrogens with zero attached hydrogens (tertiary/aromatic N) is 1. The maximum atomic E-state index is 13.5. The molecule has 5 heteroatoms. The van der Waals surface area contributed by atoms with Gasteiger partial charge in [0.1, 0.15) is 5.82 Å². The molecule has 2 amide bonds. The first kappa shape index (κ1) is 16.7. The van der Waals surface area contributed by atoms with Gasteiger partial charge in [0.2, 0.25) is 0 Å². The molecule has 0 saturated carbocycles. The van der Waals surface area contributed by atoms with Gasteiger partial charge in [0, 0.05) is 31.8 Å². The Kier molecular flexibility index (Phi) is 5.11. The van der Waals surface area contributed by atoms with E-state index in [0.717, 1.165) is 5.56 Å². The summed E-state index contributed by atoms with van der Waals surface area (Å²) in [5.74, 6) is -0.808. The normalized spacial score (nSPS) is 10.3. The van der Waals surface area contributed by atoms with E-state index in [-0.39, 0.29) is 17.4 Å². The summed E-state index contributed by atoms with van der Waals surface area (Å²) in [6.07, 6.45) is 0. The van der Waals surface area contributed by atoms with E-state index >= 15 is 0 Å². The van der Waals surface area contributed by atoms with E-state index in [0.29, 0.717) is 17.7 Å². The maximum Gasteiger partial charge on any atom is 0.253 e. The van der Waals surface area contributed by atoms with Gasteiger partial charge in [-0.15, -0.1) is 0 Å². The van der Waals surface area contributed by atoms with Gasteiger partial charge in [-0.3, -0.25) is 9.59 Å². The molecular formula is C18H19FN2O2. The number of hydrogen-bond acceptors (Lipinski definition) is 2. The Morgan fingerprint density at radius 2 is 1.65 bits per heavy atom. The van der Waals surface area contributed by atoms with E-state index < -0.39 is 5.82 Å². The van der Waals surface area contributed by atoms with Crippen LogP contribution in [0.25, 0.3) is 0 Å². The first-order valence-corrected chi connectivity index (χ1v) is 7.23. The second-order valence-electron chi connectivity index (χ2n) is 5.54. The summed E-state index contributed by atoms with van der Waals surface area (Å²) in [6, 6.07) is 11.4. The van der Waals surface area contributed by atoms with Crippen LogP contribution in [0.15, 0.2) is 42.5 Å². The number of carbonyl (C=O) groups excluding carboxylic acids is 2. The van der Waals surface area contributed by atoms with Crippen LogP contribution in [-0.4, -0.2) is 30.8 Å². The molecule has 0 atom stereocenters. The van der Waals surface area contributed by atoms with Gasteiger partial charge >= 0.3 is 0 Å². The van der Waals surface area contributed by atoms with Crippen molar-refractivity contribution >= 4 is 11.8 Å². The zero-order valence-corrected chi connectivity index (χ0v) is 13.4. The topological polar surface area (TPSA) is 49.4 Å². The zero-order valence-electron chi connectivity index (χ0n) is 13.4. The highest BCUT2D eigenvalue weighted by Gasteiger charge is 2.09. The van der Waals surface area contributed by atoms with Crippen molar-refractivity contribution in [3.63, 3.8) is 0 Å². The monoisotopic (exact) mass is 314 g/mol. The fraction of sp³-hybridized carbons (Fsp3) is 0.222. The molecule has 0 bridgehead atoms. The average Bonchev–Trinajstić information content (AvgIpc) is 2.54. The molecule has 0 fully saturated rings. The molecule has 2 aromatic rings. The summed E-state index contributed by atoms with van der Waals surface area (Å²) >= 11 is 0. The third kappa shape index (κ3) is 4.16. The van der Waals surface area contributed by atoms with Crippen LogP contribution in [0.3, 0.4) is 0 Å². The Morgan fingerprint density at radius 3 is 2.22 bits per heavy atom. The lowest BCUT2D eigenvalue weighted by molar-refractivity contribution is 0.0827. The van der Waals surface area contributed by atoms with Gasteiger partial charge in [-0.25, -0.2) is 4.39 Å². The number of benzene rings is 2. The lowest BCUT2D eigenvalue weighted by Gasteiger charge is -2.11. The Bertz CT molecular complexity index is 724. The quantitative estimate of drug-likeness (QED) is 0.943. The highest BCUT2D eigenvalue weighted by molar-refractivity contribution is 5.94. The fourth-order valence-electron chi connectivity index (χ4n) is 2.04. The van der Waals surface area contributed by atoms with E-state index in [2.05, 4.69) is 5.32 Å². The molecule has 0 aromatic heterocycles. The van der Waals surface area contributed by atoms with Crippen molar-refractivity contribution in [2.45, 2.75) is 13.5 Å². The lowest BCUT2D eigenvalue weighted by atomic mass is 10.1. The molecule has 23 heavy (non-hydrogen) atoms. The molecule has 0 unspecified atom stereocenters. The van der Waals surface area contributed by atoms with E-state index in [1.54, 1.807) is 57.4 Å². The van der Waals surface area contributed by atoms with Gasteiger partial charge in [0.05, 0.1) is 0 Å². The first-order valence-electron chi connectivity index (χ1n) is 7.23. The van der Waals surface area contributed by atoms with Crippen LogP contribution in [0.2, 0.25) is 0 Å². The summed E-state index contributed by atoms with van der Waals surface area (Å²) in [5.41, 5.74) is 2.24. The smallest absolute Gasteiger partial charge is 0.253 e. The molecule has 0 radical (unpaired) electrons. The van der Waals surface area contributed by atoms with Gasteiger partial charge in [0.15, 0.2) is 0 Å². The van der Waals surface area contributed by atoms with E-state index in [1.807, 2.05) is 0 Å². The van der Waals surface area contributed by atoms with Crippen molar-refractivity contribution in [2.75, 3.05) is 14.1 Å². The van der Waals surface area contributed by atoms with Gasteiger partial charge < -0.3 is 10.2 Å². The van der Waals surface area contributed by atoms with Crippen LogP contribution in [0.4, 0.5) is 4.39 Å². The number of rotatable bonds is 4. The summed E-state index contributed by atoms with van der Waals surface area (Å²) in [5, 5.41) is 2.73. The van der Waals surface area contributed by atoms with Crippen LogP contribution >= 0.6 is 0 Å². The molecule has 4 nitrogen and oxygen atoms in total. The van der Waals surface area contributed by atoms with Gasteiger partial charge in [-0.05, 0) is 42.3 Å². The second kappa shape index (κ2) is 7.05. The van der Waals surface area contributed by atoms with Crippen molar-refractivity contribution in [3.8, 4) is 0 Å². The molecule has 0 saturated heterocycles. The van der Waals surface area contributed by atoms with Gasteiger partial charge in [0.25, 0.3) is 11.8 Å². The predicted octanol–water partition coefficient (Wildman–Crippen LogP) is 2.77. The largest absolute Gasteiger partial charge is 0.348 e. The SMILES string of the molecule is Cc1ccc(C(=O)NCc2ccc(C(=O)N(C)C)cc2)cc1F.